The largest absolute Gasteiger partial charge is 0.380 e. The third-order valence-electron chi connectivity index (χ3n) is 1.61. The average molecular weight is 209 g/mol. The van der Waals surface area contributed by atoms with Crippen molar-refractivity contribution in [2.45, 2.75) is 19.8 Å². The van der Waals surface area contributed by atoms with Crippen LogP contribution in [0.1, 0.15) is 19.8 Å². The van der Waals surface area contributed by atoms with Gasteiger partial charge < -0.3 is 10.5 Å². The molecule has 0 saturated heterocycles. The maximum Gasteiger partial charge on any atom is 0.153 e. The lowest BCUT2D eigenvalue weighted by atomic mass is 10.4. The van der Waals surface area contributed by atoms with E-state index in [2.05, 4.69) is 6.92 Å². The first kappa shape index (κ1) is 12.9. The Kier molecular flexibility index (Phi) is 7.22. The molecule has 0 amide bonds. The summed E-state index contributed by atoms with van der Waals surface area (Å²) in [6, 6.07) is 0. The van der Waals surface area contributed by atoms with Crippen LogP contribution in [0.3, 0.4) is 0 Å². The molecule has 4 nitrogen and oxygen atoms in total. The molecule has 0 heterocycles. The van der Waals surface area contributed by atoms with Crippen molar-refractivity contribution in [1.82, 2.24) is 0 Å². The van der Waals surface area contributed by atoms with Crippen LogP contribution in [-0.4, -0.2) is 39.7 Å². The van der Waals surface area contributed by atoms with Crippen molar-refractivity contribution in [3.63, 3.8) is 0 Å². The summed E-state index contributed by atoms with van der Waals surface area (Å²) < 4.78 is 27.3. The molecule has 0 radical (unpaired) electrons. The van der Waals surface area contributed by atoms with Crippen LogP contribution in [-0.2, 0) is 14.6 Å². The zero-order valence-corrected chi connectivity index (χ0v) is 8.98. The number of nitrogens with two attached hydrogens (primary N) is 1. The smallest absolute Gasteiger partial charge is 0.153 e. The van der Waals surface area contributed by atoms with Crippen molar-refractivity contribution in [2.75, 3.05) is 31.3 Å². The van der Waals surface area contributed by atoms with Gasteiger partial charge in [0, 0.05) is 13.2 Å². The number of hydrogen-bond donors (Lipinski definition) is 1. The van der Waals surface area contributed by atoms with Gasteiger partial charge in [0.05, 0.1) is 18.1 Å². The molecule has 0 aliphatic rings. The molecule has 0 aromatic heterocycles. The summed E-state index contributed by atoms with van der Waals surface area (Å²) in [6.07, 6.45) is 2.05. The predicted molar refractivity (Wildman–Crippen MR) is 53.4 cm³/mol. The minimum absolute atomic E-state index is 0.0597. The van der Waals surface area contributed by atoms with Gasteiger partial charge in [0.1, 0.15) is 0 Å². The van der Waals surface area contributed by atoms with Crippen molar-refractivity contribution < 1.29 is 13.2 Å². The molecule has 80 valence electrons. The number of ether oxygens (including phenoxy) is 1. The molecule has 0 spiro atoms. The molecule has 2 N–H and O–H groups in total. The van der Waals surface area contributed by atoms with Crippen molar-refractivity contribution in [2.24, 2.45) is 5.73 Å². The third kappa shape index (κ3) is 8.21. The van der Waals surface area contributed by atoms with Gasteiger partial charge in [-0.25, -0.2) is 8.42 Å². The minimum atomic E-state index is -2.97. The van der Waals surface area contributed by atoms with Gasteiger partial charge in [0.15, 0.2) is 9.84 Å². The molecule has 0 aliphatic carbocycles. The van der Waals surface area contributed by atoms with Gasteiger partial charge in [-0.2, -0.15) is 0 Å². The van der Waals surface area contributed by atoms with E-state index in [9.17, 15) is 8.42 Å². The summed E-state index contributed by atoms with van der Waals surface area (Å²) in [4.78, 5) is 0. The Hall–Kier alpha value is -0.130. The van der Waals surface area contributed by atoms with Crippen LogP contribution in [0.15, 0.2) is 0 Å². The molecular formula is C8H19NO3S. The highest BCUT2D eigenvalue weighted by Gasteiger charge is 2.08. The molecule has 0 bridgehead atoms. The Labute approximate surface area is 80.4 Å². The fourth-order valence-electron chi connectivity index (χ4n) is 0.816. The van der Waals surface area contributed by atoms with Crippen molar-refractivity contribution in [1.29, 1.82) is 0 Å². The number of sulfone groups is 1. The van der Waals surface area contributed by atoms with E-state index in [-0.39, 0.29) is 18.1 Å². The summed E-state index contributed by atoms with van der Waals surface area (Å²) in [6.45, 7) is 3.20. The van der Waals surface area contributed by atoms with Crippen molar-refractivity contribution in [3.05, 3.63) is 0 Å². The van der Waals surface area contributed by atoms with Crippen LogP contribution in [0, 0.1) is 0 Å². The zero-order chi connectivity index (χ0) is 10.2. The van der Waals surface area contributed by atoms with Crippen LogP contribution in [0.2, 0.25) is 0 Å². The predicted octanol–water partition coefficient (Wildman–Crippen LogP) is 0.177. The second-order valence-corrected chi connectivity index (χ2v) is 5.21. The van der Waals surface area contributed by atoms with Crippen molar-refractivity contribution >= 4 is 9.84 Å². The second kappa shape index (κ2) is 7.29. The molecule has 0 aliphatic heterocycles. The van der Waals surface area contributed by atoms with E-state index in [1.165, 1.54) is 0 Å². The fraction of sp³-hybridized carbons (Fsp3) is 1.00. The van der Waals surface area contributed by atoms with E-state index >= 15 is 0 Å². The highest BCUT2D eigenvalue weighted by molar-refractivity contribution is 7.91. The minimum Gasteiger partial charge on any atom is -0.380 e. The Morgan fingerprint density at radius 3 is 2.46 bits per heavy atom. The molecule has 0 saturated carbocycles. The Balaban J connectivity index is 3.41. The first-order valence-electron chi connectivity index (χ1n) is 4.60. The summed E-state index contributed by atoms with van der Waals surface area (Å²) in [5, 5.41) is 0. The summed E-state index contributed by atoms with van der Waals surface area (Å²) in [5.74, 6) is 0.151. The first-order chi connectivity index (χ1) is 6.12. The molecule has 5 heteroatoms. The first-order valence-corrected chi connectivity index (χ1v) is 6.42. The van der Waals surface area contributed by atoms with Gasteiger partial charge in [-0.1, -0.05) is 13.3 Å². The number of rotatable bonds is 8. The monoisotopic (exact) mass is 209 g/mol. The normalized spacial score (nSPS) is 11.8. The maximum absolute atomic E-state index is 11.1. The molecule has 0 rings (SSSR count). The Morgan fingerprint density at radius 1 is 1.23 bits per heavy atom. The standard InChI is InChI=1S/C8H19NO3S/c1-2-3-5-12-6-8-13(10,11)7-4-9/h2-9H2,1H3. The van der Waals surface area contributed by atoms with Crippen LogP contribution >= 0.6 is 0 Å². The topological polar surface area (TPSA) is 69.4 Å². The SMILES string of the molecule is CCCCOCCS(=O)(=O)CCN. The van der Waals surface area contributed by atoms with E-state index in [0.29, 0.717) is 13.2 Å². The lowest BCUT2D eigenvalue weighted by molar-refractivity contribution is 0.146. The second-order valence-electron chi connectivity index (χ2n) is 2.91. The lowest BCUT2D eigenvalue weighted by Gasteiger charge is -2.03. The average Bonchev–Trinajstić information content (AvgIpc) is 2.04. The van der Waals surface area contributed by atoms with E-state index in [4.69, 9.17) is 10.5 Å². The van der Waals surface area contributed by atoms with Crippen molar-refractivity contribution in [3.8, 4) is 0 Å². The van der Waals surface area contributed by atoms with Gasteiger partial charge >= 0.3 is 0 Å². The molecule has 0 aromatic carbocycles. The molecule has 0 fully saturated rings. The van der Waals surface area contributed by atoms with Gasteiger partial charge in [-0.3, -0.25) is 0 Å². The van der Waals surface area contributed by atoms with E-state index < -0.39 is 9.84 Å². The van der Waals surface area contributed by atoms with E-state index in [0.717, 1.165) is 12.8 Å². The van der Waals surface area contributed by atoms with Crippen LogP contribution < -0.4 is 5.73 Å². The number of unbranched alkanes of at least 4 members (excludes halogenated alkanes) is 1. The highest BCUT2D eigenvalue weighted by atomic mass is 32.2. The Morgan fingerprint density at radius 2 is 1.92 bits per heavy atom. The molecule has 0 unspecified atom stereocenters. The molecule has 0 atom stereocenters. The van der Waals surface area contributed by atoms with Gasteiger partial charge in [0.25, 0.3) is 0 Å². The lowest BCUT2D eigenvalue weighted by Crippen LogP contribution is -2.21. The van der Waals surface area contributed by atoms with Gasteiger partial charge in [-0.15, -0.1) is 0 Å². The fourth-order valence-corrected chi connectivity index (χ4v) is 1.75. The molecular weight excluding hydrogens is 190 g/mol. The van der Waals surface area contributed by atoms with Crippen LogP contribution in [0.5, 0.6) is 0 Å². The van der Waals surface area contributed by atoms with Crippen LogP contribution in [0.4, 0.5) is 0 Å². The summed E-state index contributed by atoms with van der Waals surface area (Å²) in [5.41, 5.74) is 5.15. The van der Waals surface area contributed by atoms with Crippen LogP contribution in [0.25, 0.3) is 0 Å². The number of hydrogen-bond acceptors (Lipinski definition) is 4. The Bertz CT molecular complexity index is 201. The summed E-state index contributed by atoms with van der Waals surface area (Å²) in [7, 11) is -2.97. The van der Waals surface area contributed by atoms with Gasteiger partial charge in [0.2, 0.25) is 0 Å². The quantitative estimate of drug-likeness (QED) is 0.579. The maximum atomic E-state index is 11.1. The van der Waals surface area contributed by atoms with Gasteiger partial charge in [-0.05, 0) is 6.42 Å². The van der Waals surface area contributed by atoms with E-state index in [1.807, 2.05) is 0 Å². The molecule has 13 heavy (non-hydrogen) atoms. The third-order valence-corrected chi connectivity index (χ3v) is 3.26. The molecule has 0 aromatic rings. The summed E-state index contributed by atoms with van der Waals surface area (Å²) >= 11 is 0. The van der Waals surface area contributed by atoms with E-state index in [1.54, 1.807) is 0 Å². The highest BCUT2D eigenvalue weighted by Crippen LogP contribution is 1.92. The zero-order valence-electron chi connectivity index (χ0n) is 8.16.